The largest absolute Gasteiger partial charge is 0.487 e. The quantitative estimate of drug-likeness (QED) is 0.876. The van der Waals surface area contributed by atoms with E-state index in [1.165, 1.54) is 0 Å². The molecule has 0 amide bonds. The summed E-state index contributed by atoms with van der Waals surface area (Å²) in [5.74, 6) is 6.51. The molecular formula is C17H16ClNO. The van der Waals surface area contributed by atoms with Gasteiger partial charge in [0.25, 0.3) is 0 Å². The molecule has 0 aliphatic heterocycles. The molecule has 2 aromatic carbocycles. The second-order valence-corrected chi connectivity index (χ2v) is 4.83. The molecule has 2 N–H and O–H groups in total. The fourth-order valence-corrected chi connectivity index (χ4v) is 2.01. The van der Waals surface area contributed by atoms with Gasteiger partial charge in [-0.3, -0.25) is 0 Å². The van der Waals surface area contributed by atoms with Crippen LogP contribution in [0.2, 0.25) is 5.02 Å². The molecule has 0 aromatic heterocycles. The van der Waals surface area contributed by atoms with Gasteiger partial charge in [-0.05, 0) is 42.3 Å². The molecule has 2 nitrogen and oxygen atoms in total. The molecule has 0 saturated carbocycles. The van der Waals surface area contributed by atoms with E-state index in [4.69, 9.17) is 22.1 Å². The lowest BCUT2D eigenvalue weighted by molar-refractivity contribution is 0.306. The number of ether oxygens (including phenoxy) is 1. The van der Waals surface area contributed by atoms with Gasteiger partial charge < -0.3 is 10.5 Å². The van der Waals surface area contributed by atoms with E-state index in [2.05, 4.69) is 11.8 Å². The number of rotatable bonds is 3. The average molecular weight is 286 g/mol. The smallest absolute Gasteiger partial charge is 0.138 e. The van der Waals surface area contributed by atoms with Crippen molar-refractivity contribution in [1.29, 1.82) is 0 Å². The number of aryl methyl sites for hydroxylation is 1. The zero-order valence-corrected chi connectivity index (χ0v) is 12.1. The fraction of sp³-hybridized carbons (Fsp3) is 0.176. The van der Waals surface area contributed by atoms with Crippen molar-refractivity contribution in [3.05, 3.63) is 64.2 Å². The Morgan fingerprint density at radius 2 is 1.90 bits per heavy atom. The van der Waals surface area contributed by atoms with Gasteiger partial charge in [-0.15, -0.1) is 0 Å². The van der Waals surface area contributed by atoms with Crippen LogP contribution in [0.15, 0.2) is 42.5 Å². The van der Waals surface area contributed by atoms with Crippen LogP contribution in [0.3, 0.4) is 0 Å². The Morgan fingerprint density at radius 3 is 2.55 bits per heavy atom. The molecule has 0 radical (unpaired) electrons. The summed E-state index contributed by atoms with van der Waals surface area (Å²) in [7, 11) is 0. The van der Waals surface area contributed by atoms with E-state index in [-0.39, 0.29) is 0 Å². The highest BCUT2D eigenvalue weighted by Crippen LogP contribution is 2.25. The number of hydrogen-bond acceptors (Lipinski definition) is 2. The van der Waals surface area contributed by atoms with E-state index < -0.39 is 0 Å². The highest BCUT2D eigenvalue weighted by atomic mass is 35.5. The van der Waals surface area contributed by atoms with Crippen molar-refractivity contribution in [3.63, 3.8) is 0 Å². The molecule has 0 unspecified atom stereocenters. The summed E-state index contributed by atoms with van der Waals surface area (Å²) in [6.45, 7) is 2.85. The molecule has 0 fully saturated rings. The van der Waals surface area contributed by atoms with Gasteiger partial charge in [0, 0.05) is 5.56 Å². The fourth-order valence-electron chi connectivity index (χ4n) is 1.72. The van der Waals surface area contributed by atoms with Crippen LogP contribution in [0.4, 0.5) is 0 Å². The first-order valence-electron chi connectivity index (χ1n) is 6.36. The van der Waals surface area contributed by atoms with Gasteiger partial charge in [-0.2, -0.15) is 0 Å². The summed E-state index contributed by atoms with van der Waals surface area (Å²) >= 11 is 6.12. The first-order chi connectivity index (χ1) is 9.69. The van der Waals surface area contributed by atoms with Crippen LogP contribution in [0.1, 0.15) is 16.7 Å². The molecule has 2 aromatic rings. The zero-order valence-electron chi connectivity index (χ0n) is 11.3. The highest BCUT2D eigenvalue weighted by molar-refractivity contribution is 6.32. The van der Waals surface area contributed by atoms with Crippen molar-refractivity contribution in [2.75, 3.05) is 6.54 Å². The standard InChI is InChI=1S/C17H16ClNO/c1-13-4-9-17(16(18)11-13)20-12-15-7-5-14(6-8-15)3-2-10-19/h4-9,11H,10,12,19H2,1H3. The van der Waals surface area contributed by atoms with Crippen molar-refractivity contribution in [1.82, 2.24) is 0 Å². The minimum Gasteiger partial charge on any atom is -0.487 e. The Hall–Kier alpha value is -1.95. The maximum absolute atomic E-state index is 6.12. The number of nitrogens with two attached hydrogens (primary N) is 1. The van der Waals surface area contributed by atoms with Gasteiger partial charge in [0.05, 0.1) is 11.6 Å². The Labute approximate surface area is 124 Å². The number of halogens is 1. The average Bonchev–Trinajstić information content (AvgIpc) is 2.45. The molecule has 0 aliphatic rings. The van der Waals surface area contributed by atoms with Crippen LogP contribution in [0.25, 0.3) is 0 Å². The van der Waals surface area contributed by atoms with Crippen LogP contribution in [0, 0.1) is 18.8 Å². The van der Waals surface area contributed by atoms with E-state index in [1.54, 1.807) is 0 Å². The lowest BCUT2D eigenvalue weighted by atomic mass is 10.1. The molecule has 0 saturated heterocycles. The Balaban J connectivity index is 2.00. The van der Waals surface area contributed by atoms with Crippen LogP contribution < -0.4 is 10.5 Å². The monoisotopic (exact) mass is 285 g/mol. The molecule has 102 valence electrons. The molecule has 20 heavy (non-hydrogen) atoms. The molecule has 0 atom stereocenters. The predicted molar refractivity (Wildman–Crippen MR) is 82.9 cm³/mol. The van der Waals surface area contributed by atoms with Crippen LogP contribution in [0.5, 0.6) is 5.75 Å². The maximum Gasteiger partial charge on any atom is 0.138 e. The molecule has 0 heterocycles. The van der Waals surface area contributed by atoms with Gasteiger partial charge >= 0.3 is 0 Å². The zero-order chi connectivity index (χ0) is 14.4. The minimum absolute atomic E-state index is 0.372. The molecule has 2 rings (SSSR count). The number of benzene rings is 2. The van der Waals surface area contributed by atoms with E-state index in [9.17, 15) is 0 Å². The molecular weight excluding hydrogens is 270 g/mol. The van der Waals surface area contributed by atoms with Crippen LogP contribution >= 0.6 is 11.6 Å². The van der Waals surface area contributed by atoms with Crippen molar-refractivity contribution in [3.8, 4) is 17.6 Å². The summed E-state index contributed by atoms with van der Waals surface area (Å²) in [6, 6.07) is 13.6. The SMILES string of the molecule is Cc1ccc(OCc2ccc(C#CCN)cc2)c(Cl)c1. The van der Waals surface area contributed by atoms with E-state index in [0.29, 0.717) is 23.9 Å². The van der Waals surface area contributed by atoms with Crippen molar-refractivity contribution in [2.45, 2.75) is 13.5 Å². The first kappa shape index (κ1) is 14.5. The molecule has 3 heteroatoms. The summed E-state index contributed by atoms with van der Waals surface area (Å²) in [6.07, 6.45) is 0. The first-order valence-corrected chi connectivity index (χ1v) is 6.73. The van der Waals surface area contributed by atoms with Gasteiger partial charge in [0.1, 0.15) is 12.4 Å². The molecule has 0 spiro atoms. The maximum atomic E-state index is 6.12. The molecule has 0 bridgehead atoms. The summed E-state index contributed by atoms with van der Waals surface area (Å²) in [4.78, 5) is 0. The second kappa shape index (κ2) is 7.00. The number of hydrogen-bond donors (Lipinski definition) is 1. The van der Waals surface area contributed by atoms with Crippen molar-refractivity contribution >= 4 is 11.6 Å². The lowest BCUT2D eigenvalue weighted by Gasteiger charge is -2.08. The van der Waals surface area contributed by atoms with Crippen molar-refractivity contribution < 1.29 is 4.74 Å². The third-order valence-electron chi connectivity index (χ3n) is 2.77. The third kappa shape index (κ3) is 4.03. The molecule has 0 aliphatic carbocycles. The van der Waals surface area contributed by atoms with Gasteiger partial charge in [-0.25, -0.2) is 0 Å². The topological polar surface area (TPSA) is 35.2 Å². The van der Waals surface area contributed by atoms with Gasteiger partial charge in [0.2, 0.25) is 0 Å². The second-order valence-electron chi connectivity index (χ2n) is 4.43. The summed E-state index contributed by atoms with van der Waals surface area (Å²) in [5.41, 5.74) is 8.47. The third-order valence-corrected chi connectivity index (χ3v) is 3.07. The Morgan fingerprint density at radius 1 is 1.15 bits per heavy atom. The lowest BCUT2D eigenvalue weighted by Crippen LogP contribution is -1.96. The van der Waals surface area contributed by atoms with Crippen LogP contribution in [-0.2, 0) is 6.61 Å². The van der Waals surface area contributed by atoms with E-state index >= 15 is 0 Å². The normalized spacial score (nSPS) is 9.75. The Bertz CT molecular complexity index is 638. The van der Waals surface area contributed by atoms with E-state index in [0.717, 1.165) is 16.7 Å². The van der Waals surface area contributed by atoms with Crippen LogP contribution in [-0.4, -0.2) is 6.54 Å². The van der Waals surface area contributed by atoms with Gasteiger partial charge in [-0.1, -0.05) is 41.6 Å². The van der Waals surface area contributed by atoms with E-state index in [1.807, 2.05) is 49.4 Å². The Kier molecular flexibility index (Phi) is 5.06. The predicted octanol–water partition coefficient (Wildman–Crippen LogP) is 3.54. The minimum atomic E-state index is 0.372. The summed E-state index contributed by atoms with van der Waals surface area (Å²) < 4.78 is 5.71. The van der Waals surface area contributed by atoms with Gasteiger partial charge in [0.15, 0.2) is 0 Å². The van der Waals surface area contributed by atoms with Crippen molar-refractivity contribution in [2.24, 2.45) is 5.73 Å². The highest BCUT2D eigenvalue weighted by Gasteiger charge is 2.02. The summed E-state index contributed by atoms with van der Waals surface area (Å²) in [5, 5.41) is 0.635.